The number of benzene rings is 3. The summed E-state index contributed by atoms with van der Waals surface area (Å²) in [6.45, 7) is 12.4. The van der Waals surface area contributed by atoms with Crippen molar-refractivity contribution in [2.45, 2.75) is 33.9 Å². The fraction of sp³-hybridized carbons (Fsp3) is 0.273. The fourth-order valence-electron chi connectivity index (χ4n) is 5.27. The van der Waals surface area contributed by atoms with Crippen LogP contribution in [0.4, 0.5) is 0 Å². The molecule has 1 aliphatic rings. The van der Waals surface area contributed by atoms with Gasteiger partial charge in [0.05, 0.1) is 6.21 Å². The maximum Gasteiger partial charge on any atom is 0.271 e. The van der Waals surface area contributed by atoms with Crippen LogP contribution in [0.3, 0.4) is 0 Å². The number of amides is 1. The smallest absolute Gasteiger partial charge is 0.271 e. The van der Waals surface area contributed by atoms with Crippen molar-refractivity contribution in [1.29, 1.82) is 0 Å². The quantitative estimate of drug-likeness (QED) is 0.248. The Bertz CT molecular complexity index is 1430. The highest BCUT2D eigenvalue weighted by atomic mass is 16.2. The molecule has 5 rings (SSSR count). The molecule has 0 saturated carbocycles. The van der Waals surface area contributed by atoms with Crippen LogP contribution < -0.4 is 5.43 Å². The number of carbonyl (C=O) groups excluding carboxylic acids is 1. The minimum absolute atomic E-state index is 0.209. The van der Waals surface area contributed by atoms with Gasteiger partial charge in [-0.1, -0.05) is 54.6 Å². The predicted octanol–water partition coefficient (Wildman–Crippen LogP) is 5.48. The topological polar surface area (TPSA) is 52.9 Å². The molecule has 1 saturated heterocycles. The number of hydrogen-bond donors (Lipinski definition) is 1. The van der Waals surface area contributed by atoms with E-state index in [2.05, 4.69) is 106 Å². The number of aromatic nitrogens is 1. The number of rotatable bonds is 8. The van der Waals surface area contributed by atoms with Crippen LogP contribution in [0, 0.1) is 20.8 Å². The van der Waals surface area contributed by atoms with Gasteiger partial charge in [0.2, 0.25) is 0 Å². The normalized spacial score (nSPS) is 14.6. The van der Waals surface area contributed by atoms with E-state index in [0.717, 1.165) is 61.9 Å². The number of piperazine rings is 1. The molecular formula is C33H37N5O. The average Bonchev–Trinajstić information content (AvgIpc) is 3.23. The lowest BCUT2D eigenvalue weighted by molar-refractivity contribution is 0.0955. The summed E-state index contributed by atoms with van der Waals surface area (Å²) in [6, 6.07) is 29.0. The van der Waals surface area contributed by atoms with Gasteiger partial charge in [0.25, 0.3) is 5.91 Å². The van der Waals surface area contributed by atoms with Crippen LogP contribution in [0.25, 0.3) is 5.69 Å². The summed E-state index contributed by atoms with van der Waals surface area (Å²) >= 11 is 0. The molecule has 0 atom stereocenters. The molecule has 0 spiro atoms. The Morgan fingerprint density at radius 1 is 0.795 bits per heavy atom. The van der Waals surface area contributed by atoms with Crippen molar-refractivity contribution in [2.24, 2.45) is 5.10 Å². The first-order chi connectivity index (χ1) is 19.0. The first-order valence-electron chi connectivity index (χ1n) is 13.6. The van der Waals surface area contributed by atoms with Crippen LogP contribution in [0.2, 0.25) is 0 Å². The van der Waals surface area contributed by atoms with Gasteiger partial charge in [0.15, 0.2) is 0 Å². The molecule has 1 N–H and O–H groups in total. The Labute approximate surface area is 231 Å². The summed E-state index contributed by atoms with van der Waals surface area (Å²) in [5, 5.41) is 4.25. The standard InChI is InChI=1S/C33H37N5O/c1-25-8-7-11-32(20-25)38-26(2)21-31(27(38)3)22-34-35-33(39)30-14-12-29(13-15-30)24-37-18-16-36(17-19-37)23-28-9-5-4-6-10-28/h4-15,20-22H,16-19,23-24H2,1-3H3,(H,35,39)/b34-22-. The molecular weight excluding hydrogens is 482 g/mol. The second-order valence-corrected chi connectivity index (χ2v) is 10.4. The molecule has 1 amide bonds. The third kappa shape index (κ3) is 6.72. The highest BCUT2D eigenvalue weighted by Gasteiger charge is 2.17. The monoisotopic (exact) mass is 519 g/mol. The van der Waals surface area contributed by atoms with Crippen molar-refractivity contribution in [2.75, 3.05) is 26.2 Å². The van der Waals surface area contributed by atoms with Gasteiger partial charge in [-0.25, -0.2) is 5.43 Å². The Hall–Kier alpha value is -4.00. The molecule has 0 bridgehead atoms. The van der Waals surface area contributed by atoms with Crippen LogP contribution in [0.5, 0.6) is 0 Å². The Morgan fingerprint density at radius 3 is 2.08 bits per heavy atom. The van der Waals surface area contributed by atoms with Crippen molar-refractivity contribution in [3.05, 3.63) is 124 Å². The molecule has 0 aliphatic carbocycles. The number of nitrogens with zero attached hydrogens (tertiary/aromatic N) is 4. The van der Waals surface area contributed by atoms with Gasteiger partial charge in [-0.3, -0.25) is 14.6 Å². The third-order valence-corrected chi connectivity index (χ3v) is 7.44. The summed E-state index contributed by atoms with van der Waals surface area (Å²) in [7, 11) is 0. The first-order valence-corrected chi connectivity index (χ1v) is 13.6. The SMILES string of the molecule is Cc1cccc(-n2c(C)cc(/C=N\NC(=O)c3ccc(CN4CCN(Cc5ccccc5)CC4)cc3)c2C)c1. The number of hydrazone groups is 1. The van der Waals surface area contributed by atoms with Gasteiger partial charge in [-0.15, -0.1) is 0 Å². The van der Waals surface area contributed by atoms with Crippen molar-refractivity contribution >= 4 is 12.1 Å². The van der Waals surface area contributed by atoms with Crippen LogP contribution >= 0.6 is 0 Å². The van der Waals surface area contributed by atoms with E-state index in [1.165, 1.54) is 16.7 Å². The molecule has 6 heteroatoms. The number of aryl methyl sites for hydroxylation is 2. The van der Waals surface area contributed by atoms with Crippen molar-refractivity contribution in [3.63, 3.8) is 0 Å². The lowest BCUT2D eigenvalue weighted by Gasteiger charge is -2.34. The van der Waals surface area contributed by atoms with Crippen molar-refractivity contribution in [1.82, 2.24) is 19.8 Å². The molecule has 1 aliphatic heterocycles. The van der Waals surface area contributed by atoms with E-state index in [4.69, 9.17) is 0 Å². The van der Waals surface area contributed by atoms with E-state index >= 15 is 0 Å². The van der Waals surface area contributed by atoms with Crippen LogP contribution in [0.1, 0.15) is 44.0 Å². The lowest BCUT2D eigenvalue weighted by Crippen LogP contribution is -2.45. The summed E-state index contributed by atoms with van der Waals surface area (Å²) in [6.07, 6.45) is 1.72. The average molecular weight is 520 g/mol. The molecule has 1 aromatic heterocycles. The lowest BCUT2D eigenvalue weighted by atomic mass is 10.1. The van der Waals surface area contributed by atoms with E-state index in [9.17, 15) is 4.79 Å². The molecule has 39 heavy (non-hydrogen) atoms. The summed E-state index contributed by atoms with van der Waals surface area (Å²) < 4.78 is 2.21. The van der Waals surface area contributed by atoms with Crippen molar-refractivity contribution in [3.8, 4) is 5.69 Å². The predicted molar refractivity (Wildman–Crippen MR) is 158 cm³/mol. The van der Waals surface area contributed by atoms with Gasteiger partial charge in [-0.2, -0.15) is 5.10 Å². The van der Waals surface area contributed by atoms with E-state index in [-0.39, 0.29) is 5.91 Å². The Morgan fingerprint density at radius 2 is 1.44 bits per heavy atom. The maximum atomic E-state index is 12.7. The molecule has 200 valence electrons. The van der Waals surface area contributed by atoms with E-state index in [0.29, 0.717) is 5.56 Å². The zero-order valence-electron chi connectivity index (χ0n) is 23.1. The van der Waals surface area contributed by atoms with Gasteiger partial charge >= 0.3 is 0 Å². The summed E-state index contributed by atoms with van der Waals surface area (Å²) in [5.74, 6) is -0.209. The highest BCUT2D eigenvalue weighted by molar-refractivity contribution is 5.95. The Kier molecular flexibility index (Phi) is 8.35. The molecule has 6 nitrogen and oxygen atoms in total. The minimum atomic E-state index is -0.209. The van der Waals surface area contributed by atoms with Gasteiger partial charge in [-0.05, 0) is 67.8 Å². The van der Waals surface area contributed by atoms with Crippen LogP contribution in [-0.4, -0.2) is 52.7 Å². The fourth-order valence-corrected chi connectivity index (χ4v) is 5.27. The zero-order chi connectivity index (χ0) is 27.2. The first kappa shape index (κ1) is 26.6. The van der Waals surface area contributed by atoms with Crippen LogP contribution in [-0.2, 0) is 13.1 Å². The molecule has 0 radical (unpaired) electrons. The van der Waals surface area contributed by atoms with Gasteiger partial charge in [0.1, 0.15) is 0 Å². The maximum absolute atomic E-state index is 12.7. The molecule has 4 aromatic rings. The summed E-state index contributed by atoms with van der Waals surface area (Å²) in [5.41, 5.74) is 11.4. The third-order valence-electron chi connectivity index (χ3n) is 7.44. The highest BCUT2D eigenvalue weighted by Crippen LogP contribution is 2.20. The minimum Gasteiger partial charge on any atom is -0.318 e. The molecule has 3 aromatic carbocycles. The molecule has 0 unspecified atom stereocenters. The second kappa shape index (κ2) is 12.2. The largest absolute Gasteiger partial charge is 0.318 e. The second-order valence-electron chi connectivity index (χ2n) is 10.4. The molecule has 2 heterocycles. The molecule has 1 fully saturated rings. The van der Waals surface area contributed by atoms with Crippen molar-refractivity contribution < 1.29 is 4.79 Å². The summed E-state index contributed by atoms with van der Waals surface area (Å²) in [4.78, 5) is 17.7. The van der Waals surface area contributed by atoms with E-state index < -0.39 is 0 Å². The Balaban J connectivity index is 1.12. The van der Waals surface area contributed by atoms with Crippen LogP contribution in [0.15, 0.2) is 90.0 Å². The zero-order valence-corrected chi connectivity index (χ0v) is 23.1. The number of hydrogen-bond acceptors (Lipinski definition) is 4. The number of carbonyl (C=O) groups is 1. The number of nitrogens with one attached hydrogen (secondary N) is 1. The van der Waals surface area contributed by atoms with E-state index in [1.807, 2.05) is 24.3 Å². The van der Waals surface area contributed by atoms with Gasteiger partial charge < -0.3 is 4.57 Å². The van der Waals surface area contributed by atoms with Gasteiger partial charge in [0, 0.05) is 67.5 Å². The van der Waals surface area contributed by atoms with E-state index in [1.54, 1.807) is 6.21 Å².